The Balaban J connectivity index is 2.31. The summed E-state index contributed by atoms with van der Waals surface area (Å²) in [6, 6.07) is 19.7. The van der Waals surface area contributed by atoms with Crippen LogP contribution >= 0.6 is 11.6 Å². The summed E-state index contributed by atoms with van der Waals surface area (Å²) in [6.45, 7) is 0. The second-order valence-electron chi connectivity index (χ2n) is 4.94. The second-order valence-corrected chi connectivity index (χ2v) is 5.32. The lowest BCUT2D eigenvalue weighted by molar-refractivity contribution is 0.481. The van der Waals surface area contributed by atoms with E-state index in [0.29, 0.717) is 5.75 Å². The summed E-state index contributed by atoms with van der Waals surface area (Å²) in [7, 11) is 0. The van der Waals surface area contributed by atoms with Crippen molar-refractivity contribution in [2.45, 2.75) is 0 Å². The molecule has 20 heavy (non-hydrogen) atoms. The Kier molecular flexibility index (Phi) is 2.38. The van der Waals surface area contributed by atoms with Crippen LogP contribution < -0.4 is 0 Å². The molecule has 1 nitrogen and oxygen atoms in total. The van der Waals surface area contributed by atoms with Crippen LogP contribution in [0.25, 0.3) is 32.3 Å². The van der Waals surface area contributed by atoms with Crippen molar-refractivity contribution in [2.75, 3.05) is 0 Å². The normalized spacial score (nSPS) is 11.4. The van der Waals surface area contributed by atoms with Crippen molar-refractivity contribution in [1.82, 2.24) is 0 Å². The fourth-order valence-electron chi connectivity index (χ4n) is 2.83. The summed E-state index contributed by atoms with van der Waals surface area (Å²) in [5, 5.41) is 16.9. The SMILES string of the molecule is Oc1cccc2c1ccc1c(Cl)c3ccccc3cc12. The Labute approximate surface area is 121 Å². The minimum atomic E-state index is 0.300. The van der Waals surface area contributed by atoms with E-state index in [1.165, 1.54) is 0 Å². The third-order valence-electron chi connectivity index (χ3n) is 3.81. The molecule has 0 unspecified atom stereocenters. The molecule has 4 aromatic rings. The van der Waals surface area contributed by atoms with E-state index in [-0.39, 0.29) is 0 Å². The van der Waals surface area contributed by atoms with Crippen LogP contribution in [-0.4, -0.2) is 5.11 Å². The van der Waals surface area contributed by atoms with Gasteiger partial charge in [0.1, 0.15) is 5.75 Å². The predicted molar refractivity (Wildman–Crippen MR) is 85.6 cm³/mol. The van der Waals surface area contributed by atoms with Gasteiger partial charge in [0.25, 0.3) is 0 Å². The number of hydrogen-bond acceptors (Lipinski definition) is 1. The van der Waals surface area contributed by atoms with Crippen LogP contribution in [0, 0.1) is 0 Å². The van der Waals surface area contributed by atoms with Crippen molar-refractivity contribution in [1.29, 1.82) is 0 Å². The van der Waals surface area contributed by atoms with E-state index in [4.69, 9.17) is 11.6 Å². The summed E-state index contributed by atoms with van der Waals surface area (Å²) >= 11 is 6.55. The number of phenols is 1. The van der Waals surface area contributed by atoms with E-state index in [0.717, 1.165) is 37.3 Å². The second kappa shape index (κ2) is 4.12. The Morgan fingerprint density at radius 1 is 0.650 bits per heavy atom. The van der Waals surface area contributed by atoms with E-state index < -0.39 is 0 Å². The standard InChI is InChI=1S/C18H11ClO/c19-18-12-5-2-1-4-11(12)10-16-13-6-3-7-17(20)14(13)8-9-15(16)18/h1-10,20H. The molecule has 4 rings (SSSR count). The molecule has 0 aliphatic heterocycles. The first-order valence-electron chi connectivity index (χ1n) is 6.47. The fourth-order valence-corrected chi connectivity index (χ4v) is 3.17. The molecule has 0 aliphatic rings. The highest BCUT2D eigenvalue weighted by Crippen LogP contribution is 2.37. The predicted octanol–water partition coefficient (Wildman–Crippen LogP) is 5.51. The maximum atomic E-state index is 9.98. The van der Waals surface area contributed by atoms with E-state index in [1.807, 2.05) is 42.5 Å². The van der Waals surface area contributed by atoms with Crippen LogP contribution in [0.4, 0.5) is 0 Å². The highest BCUT2D eigenvalue weighted by Gasteiger charge is 2.09. The Bertz CT molecular complexity index is 973. The lowest BCUT2D eigenvalue weighted by Crippen LogP contribution is -1.82. The summed E-state index contributed by atoms with van der Waals surface area (Å²) in [4.78, 5) is 0. The molecule has 0 radical (unpaired) electrons. The third kappa shape index (κ3) is 1.50. The van der Waals surface area contributed by atoms with Crippen molar-refractivity contribution in [2.24, 2.45) is 0 Å². The topological polar surface area (TPSA) is 20.2 Å². The molecular weight excluding hydrogens is 268 g/mol. The molecule has 4 aromatic carbocycles. The van der Waals surface area contributed by atoms with Crippen LogP contribution in [0.3, 0.4) is 0 Å². The van der Waals surface area contributed by atoms with Gasteiger partial charge in [-0.1, -0.05) is 54.1 Å². The lowest BCUT2D eigenvalue weighted by atomic mass is 9.98. The van der Waals surface area contributed by atoms with Gasteiger partial charge < -0.3 is 5.11 Å². The first kappa shape index (κ1) is 11.6. The minimum absolute atomic E-state index is 0.300. The summed E-state index contributed by atoms with van der Waals surface area (Å²) in [6.07, 6.45) is 0. The third-order valence-corrected chi connectivity index (χ3v) is 4.22. The first-order valence-corrected chi connectivity index (χ1v) is 6.85. The summed E-state index contributed by atoms with van der Waals surface area (Å²) in [5.74, 6) is 0.300. The van der Waals surface area contributed by atoms with Crippen LogP contribution in [0.15, 0.2) is 60.7 Å². The zero-order chi connectivity index (χ0) is 13.7. The van der Waals surface area contributed by atoms with Gasteiger partial charge >= 0.3 is 0 Å². The number of fused-ring (bicyclic) bond motifs is 4. The molecule has 0 saturated heterocycles. The molecule has 1 N–H and O–H groups in total. The fraction of sp³-hybridized carbons (Fsp3) is 0. The Morgan fingerprint density at radius 2 is 1.40 bits per heavy atom. The van der Waals surface area contributed by atoms with Crippen LogP contribution in [0.2, 0.25) is 5.02 Å². The lowest BCUT2D eigenvalue weighted by Gasteiger charge is -2.09. The van der Waals surface area contributed by atoms with Gasteiger partial charge in [-0.25, -0.2) is 0 Å². The molecule has 96 valence electrons. The Hall–Kier alpha value is -2.25. The van der Waals surface area contributed by atoms with Gasteiger partial charge in [0.05, 0.1) is 5.02 Å². The monoisotopic (exact) mass is 278 g/mol. The van der Waals surface area contributed by atoms with Gasteiger partial charge in [-0.05, 0) is 34.4 Å². The van der Waals surface area contributed by atoms with Crippen molar-refractivity contribution >= 4 is 43.9 Å². The Morgan fingerprint density at radius 3 is 2.30 bits per heavy atom. The molecule has 0 atom stereocenters. The van der Waals surface area contributed by atoms with E-state index in [1.54, 1.807) is 6.07 Å². The van der Waals surface area contributed by atoms with Crippen molar-refractivity contribution in [3.8, 4) is 5.75 Å². The smallest absolute Gasteiger partial charge is 0.123 e. The molecule has 0 bridgehead atoms. The maximum Gasteiger partial charge on any atom is 0.123 e. The molecule has 0 fully saturated rings. The number of halogens is 1. The zero-order valence-corrected chi connectivity index (χ0v) is 11.4. The van der Waals surface area contributed by atoms with Gasteiger partial charge in [0.15, 0.2) is 0 Å². The van der Waals surface area contributed by atoms with Gasteiger partial charge in [-0.15, -0.1) is 0 Å². The molecule has 2 heteroatoms. The first-order chi connectivity index (χ1) is 9.75. The average Bonchev–Trinajstić information content (AvgIpc) is 2.48. The van der Waals surface area contributed by atoms with Gasteiger partial charge in [-0.3, -0.25) is 0 Å². The average molecular weight is 279 g/mol. The summed E-state index contributed by atoms with van der Waals surface area (Å²) < 4.78 is 0. The number of phenolic OH excluding ortho intramolecular Hbond substituents is 1. The molecule has 0 aliphatic carbocycles. The highest BCUT2D eigenvalue weighted by molar-refractivity contribution is 6.41. The minimum Gasteiger partial charge on any atom is -0.507 e. The number of hydrogen-bond donors (Lipinski definition) is 1. The largest absolute Gasteiger partial charge is 0.507 e. The molecule has 0 amide bonds. The summed E-state index contributed by atoms with van der Waals surface area (Å²) in [5.41, 5.74) is 0. The highest BCUT2D eigenvalue weighted by atomic mass is 35.5. The van der Waals surface area contributed by atoms with Crippen molar-refractivity contribution in [3.05, 3.63) is 65.7 Å². The van der Waals surface area contributed by atoms with E-state index >= 15 is 0 Å². The quantitative estimate of drug-likeness (QED) is 0.332. The van der Waals surface area contributed by atoms with E-state index in [2.05, 4.69) is 12.1 Å². The number of aromatic hydroxyl groups is 1. The molecule has 0 saturated carbocycles. The van der Waals surface area contributed by atoms with Crippen LogP contribution in [0.5, 0.6) is 5.75 Å². The number of rotatable bonds is 0. The molecular formula is C18H11ClO. The maximum absolute atomic E-state index is 9.98. The van der Waals surface area contributed by atoms with Crippen LogP contribution in [0.1, 0.15) is 0 Å². The zero-order valence-electron chi connectivity index (χ0n) is 10.6. The van der Waals surface area contributed by atoms with Gasteiger partial charge in [-0.2, -0.15) is 0 Å². The molecule has 0 spiro atoms. The van der Waals surface area contributed by atoms with Crippen molar-refractivity contribution in [3.63, 3.8) is 0 Å². The van der Waals surface area contributed by atoms with Crippen molar-refractivity contribution < 1.29 is 5.11 Å². The molecule has 0 heterocycles. The molecule has 0 aromatic heterocycles. The van der Waals surface area contributed by atoms with Gasteiger partial charge in [0, 0.05) is 16.2 Å². The van der Waals surface area contributed by atoms with Crippen LogP contribution in [-0.2, 0) is 0 Å². The number of benzene rings is 4. The van der Waals surface area contributed by atoms with E-state index in [9.17, 15) is 5.11 Å². The van der Waals surface area contributed by atoms with Gasteiger partial charge in [0.2, 0.25) is 0 Å².